The van der Waals surface area contributed by atoms with Crippen LogP contribution in [0.1, 0.15) is 122 Å². The van der Waals surface area contributed by atoms with Gasteiger partial charge in [-0.15, -0.1) is 0 Å². The standard InChI is InChI=1S/C22H42O/c1-2-3-4-5-6-7-8-9-10-11-12-13-14-15-16-17-18-19-20-21-22-23/h19-20,22H,2-18,21H2,1H3. The fourth-order valence-electron chi connectivity index (χ4n) is 3.08. The summed E-state index contributed by atoms with van der Waals surface area (Å²) >= 11 is 0. The molecule has 0 unspecified atom stereocenters. The molecule has 0 bridgehead atoms. The molecule has 0 rings (SSSR count). The molecule has 0 saturated carbocycles. The van der Waals surface area contributed by atoms with Gasteiger partial charge in [0, 0.05) is 6.42 Å². The Hall–Kier alpha value is -0.590. The molecule has 0 aliphatic carbocycles. The van der Waals surface area contributed by atoms with Crippen LogP contribution >= 0.6 is 0 Å². The van der Waals surface area contributed by atoms with Crippen molar-refractivity contribution in [2.45, 2.75) is 122 Å². The van der Waals surface area contributed by atoms with Gasteiger partial charge in [-0.2, -0.15) is 0 Å². The Morgan fingerprint density at radius 2 is 0.913 bits per heavy atom. The predicted octanol–water partition coefficient (Wildman–Crippen LogP) is 7.78. The molecule has 0 radical (unpaired) electrons. The van der Waals surface area contributed by atoms with Crippen LogP contribution in [0, 0.1) is 0 Å². The van der Waals surface area contributed by atoms with E-state index in [1.54, 1.807) is 0 Å². The number of aldehydes is 1. The quantitative estimate of drug-likeness (QED) is 0.135. The first-order valence-electron chi connectivity index (χ1n) is 10.5. The van der Waals surface area contributed by atoms with E-state index in [4.69, 9.17) is 0 Å². The van der Waals surface area contributed by atoms with Crippen molar-refractivity contribution in [3.63, 3.8) is 0 Å². The molecule has 1 nitrogen and oxygen atoms in total. The van der Waals surface area contributed by atoms with E-state index in [-0.39, 0.29) is 0 Å². The van der Waals surface area contributed by atoms with E-state index in [9.17, 15) is 4.79 Å². The molecule has 0 heterocycles. The fourth-order valence-corrected chi connectivity index (χ4v) is 3.08. The summed E-state index contributed by atoms with van der Waals surface area (Å²) in [5.74, 6) is 0. The highest BCUT2D eigenvalue weighted by molar-refractivity contribution is 5.51. The van der Waals surface area contributed by atoms with Crippen LogP contribution in [0.3, 0.4) is 0 Å². The zero-order valence-corrected chi connectivity index (χ0v) is 15.9. The molecule has 23 heavy (non-hydrogen) atoms. The van der Waals surface area contributed by atoms with Gasteiger partial charge in [-0.25, -0.2) is 0 Å². The summed E-state index contributed by atoms with van der Waals surface area (Å²) in [6, 6.07) is 0. The molecule has 0 saturated heterocycles. The lowest BCUT2D eigenvalue weighted by Crippen LogP contribution is -1.83. The minimum Gasteiger partial charge on any atom is -0.303 e. The second-order valence-electron chi connectivity index (χ2n) is 6.97. The van der Waals surface area contributed by atoms with Gasteiger partial charge < -0.3 is 4.79 Å². The predicted molar refractivity (Wildman–Crippen MR) is 104 cm³/mol. The largest absolute Gasteiger partial charge is 0.303 e. The number of carbonyl (C=O) groups excluding carboxylic acids is 1. The summed E-state index contributed by atoms with van der Waals surface area (Å²) in [4.78, 5) is 10.1. The Bertz CT molecular complexity index is 244. The van der Waals surface area contributed by atoms with E-state index in [2.05, 4.69) is 13.0 Å². The van der Waals surface area contributed by atoms with Crippen LogP contribution in [-0.4, -0.2) is 6.29 Å². The third-order valence-corrected chi connectivity index (χ3v) is 4.62. The summed E-state index contributed by atoms with van der Waals surface area (Å²) in [6.45, 7) is 2.29. The van der Waals surface area contributed by atoms with Crippen molar-refractivity contribution >= 4 is 6.29 Å². The van der Waals surface area contributed by atoms with Crippen molar-refractivity contribution in [3.8, 4) is 0 Å². The smallest absolute Gasteiger partial charge is 0.123 e. The molecular formula is C22H42O. The van der Waals surface area contributed by atoms with Crippen LogP contribution in [0.25, 0.3) is 0 Å². The summed E-state index contributed by atoms with van der Waals surface area (Å²) in [7, 11) is 0. The molecule has 0 atom stereocenters. The molecule has 0 aromatic carbocycles. The highest BCUT2D eigenvalue weighted by atomic mass is 16.1. The van der Waals surface area contributed by atoms with Gasteiger partial charge in [-0.05, 0) is 12.8 Å². The highest BCUT2D eigenvalue weighted by Gasteiger charge is 1.94. The molecule has 0 aromatic rings. The Kier molecular flexibility index (Phi) is 20.9. The van der Waals surface area contributed by atoms with Crippen molar-refractivity contribution in [2.24, 2.45) is 0 Å². The van der Waals surface area contributed by atoms with Crippen LogP contribution in [0.15, 0.2) is 12.2 Å². The Balaban J connectivity index is 2.98. The lowest BCUT2D eigenvalue weighted by Gasteiger charge is -2.03. The highest BCUT2D eigenvalue weighted by Crippen LogP contribution is 2.14. The number of carbonyl (C=O) groups is 1. The van der Waals surface area contributed by atoms with Crippen molar-refractivity contribution in [1.29, 1.82) is 0 Å². The number of hydrogen-bond donors (Lipinski definition) is 0. The van der Waals surface area contributed by atoms with Crippen molar-refractivity contribution in [1.82, 2.24) is 0 Å². The number of allylic oxidation sites excluding steroid dienone is 2. The monoisotopic (exact) mass is 322 g/mol. The van der Waals surface area contributed by atoms with Crippen molar-refractivity contribution in [2.75, 3.05) is 0 Å². The summed E-state index contributed by atoms with van der Waals surface area (Å²) < 4.78 is 0. The molecule has 0 amide bonds. The van der Waals surface area contributed by atoms with E-state index < -0.39 is 0 Å². The van der Waals surface area contributed by atoms with E-state index in [0.717, 1.165) is 12.7 Å². The van der Waals surface area contributed by atoms with E-state index in [1.165, 1.54) is 103 Å². The number of hydrogen-bond acceptors (Lipinski definition) is 1. The van der Waals surface area contributed by atoms with E-state index >= 15 is 0 Å². The topological polar surface area (TPSA) is 17.1 Å². The molecule has 136 valence electrons. The van der Waals surface area contributed by atoms with Crippen molar-refractivity contribution < 1.29 is 4.79 Å². The maximum Gasteiger partial charge on any atom is 0.123 e. The van der Waals surface area contributed by atoms with Crippen LogP contribution < -0.4 is 0 Å². The molecule has 0 spiro atoms. The van der Waals surface area contributed by atoms with Gasteiger partial charge in [0.2, 0.25) is 0 Å². The lowest BCUT2D eigenvalue weighted by atomic mass is 10.0. The SMILES string of the molecule is CCCCCCCCCCCCCCCCCCC=CCC=O. The van der Waals surface area contributed by atoms with Crippen LogP contribution in [0.4, 0.5) is 0 Å². The molecular weight excluding hydrogens is 280 g/mol. The van der Waals surface area contributed by atoms with Crippen LogP contribution in [0.2, 0.25) is 0 Å². The van der Waals surface area contributed by atoms with Gasteiger partial charge in [0.05, 0.1) is 0 Å². The normalized spacial score (nSPS) is 11.3. The molecule has 0 fully saturated rings. The van der Waals surface area contributed by atoms with Gasteiger partial charge in [0.25, 0.3) is 0 Å². The molecule has 0 aromatic heterocycles. The molecule has 0 aliphatic heterocycles. The second-order valence-corrected chi connectivity index (χ2v) is 6.97. The Labute approximate surface area is 146 Å². The first-order valence-corrected chi connectivity index (χ1v) is 10.5. The Morgan fingerprint density at radius 3 is 1.30 bits per heavy atom. The second kappa shape index (κ2) is 21.4. The van der Waals surface area contributed by atoms with Gasteiger partial charge in [0.1, 0.15) is 6.29 Å². The summed E-state index contributed by atoms with van der Waals surface area (Å²) in [6.07, 6.45) is 29.6. The minimum absolute atomic E-state index is 0.582. The van der Waals surface area contributed by atoms with E-state index in [0.29, 0.717) is 6.42 Å². The summed E-state index contributed by atoms with van der Waals surface area (Å²) in [5.41, 5.74) is 0. The molecule has 1 heteroatoms. The van der Waals surface area contributed by atoms with Crippen LogP contribution in [-0.2, 0) is 4.79 Å². The summed E-state index contributed by atoms with van der Waals surface area (Å²) in [5, 5.41) is 0. The number of unbranched alkanes of at least 4 members (excludes halogenated alkanes) is 16. The number of rotatable bonds is 19. The zero-order chi connectivity index (χ0) is 16.8. The van der Waals surface area contributed by atoms with Gasteiger partial charge in [0.15, 0.2) is 0 Å². The zero-order valence-electron chi connectivity index (χ0n) is 15.9. The molecule has 0 N–H and O–H groups in total. The van der Waals surface area contributed by atoms with Crippen LogP contribution in [0.5, 0.6) is 0 Å². The Morgan fingerprint density at radius 1 is 0.522 bits per heavy atom. The van der Waals surface area contributed by atoms with Gasteiger partial charge >= 0.3 is 0 Å². The first-order chi connectivity index (χ1) is 11.4. The minimum atomic E-state index is 0.582. The maximum atomic E-state index is 10.1. The van der Waals surface area contributed by atoms with Gasteiger partial charge in [-0.3, -0.25) is 0 Å². The van der Waals surface area contributed by atoms with Crippen molar-refractivity contribution in [3.05, 3.63) is 12.2 Å². The van der Waals surface area contributed by atoms with Gasteiger partial charge in [-0.1, -0.05) is 115 Å². The average Bonchev–Trinajstić information content (AvgIpc) is 2.57. The fraction of sp³-hybridized carbons (Fsp3) is 0.864. The third-order valence-electron chi connectivity index (χ3n) is 4.62. The van der Waals surface area contributed by atoms with E-state index in [1.807, 2.05) is 6.08 Å². The maximum absolute atomic E-state index is 10.1. The third kappa shape index (κ3) is 21.4. The average molecular weight is 323 g/mol. The first kappa shape index (κ1) is 22.4. The lowest BCUT2D eigenvalue weighted by molar-refractivity contribution is -0.107. The molecule has 0 aliphatic rings.